The first-order valence-corrected chi connectivity index (χ1v) is 22.3. The molecule has 0 amide bonds. The highest BCUT2D eigenvalue weighted by atomic mass is 28.3. The minimum Gasteiger partial charge on any atom is -0.465 e. The minimum absolute atomic E-state index is 0.0777. The van der Waals surface area contributed by atoms with E-state index in [-0.39, 0.29) is 13.2 Å². The van der Waals surface area contributed by atoms with E-state index in [0.717, 1.165) is 38.6 Å². The van der Waals surface area contributed by atoms with Crippen LogP contribution in [0.5, 0.6) is 0 Å². The largest absolute Gasteiger partial charge is 0.465 e. The summed E-state index contributed by atoms with van der Waals surface area (Å²) in [5.74, 6) is 0.640. The van der Waals surface area contributed by atoms with Crippen molar-refractivity contribution in [1.82, 2.24) is 0 Å². The van der Waals surface area contributed by atoms with Gasteiger partial charge in [-0.15, -0.1) is 0 Å². The van der Waals surface area contributed by atoms with E-state index in [1.807, 2.05) is 85.1 Å². The molecule has 7 rings (SSSR count). The lowest BCUT2D eigenvalue weighted by molar-refractivity contribution is -0.277. The van der Waals surface area contributed by atoms with Crippen molar-refractivity contribution >= 4 is 24.0 Å². The van der Waals surface area contributed by atoms with Gasteiger partial charge in [0.2, 0.25) is 0 Å². The highest BCUT2D eigenvalue weighted by Crippen LogP contribution is 2.42. The van der Waals surface area contributed by atoms with Gasteiger partial charge < -0.3 is 33.2 Å². The molecule has 1 aliphatic rings. The summed E-state index contributed by atoms with van der Waals surface area (Å²) in [6, 6.07) is 44.7. The number of fused-ring (bicyclic) bond motifs is 1. The van der Waals surface area contributed by atoms with Gasteiger partial charge in [-0.25, -0.2) is 0 Å². The van der Waals surface area contributed by atoms with Crippen molar-refractivity contribution in [2.45, 2.75) is 83.2 Å². The Hall–Kier alpha value is -4.38. The number of ether oxygens (including phenoxy) is 5. The predicted octanol–water partition coefficient (Wildman–Crippen LogP) is 8.88. The zero-order chi connectivity index (χ0) is 37.3. The second kappa shape index (κ2) is 17.8. The van der Waals surface area contributed by atoms with Crippen LogP contribution in [0.15, 0.2) is 144 Å². The Morgan fingerprint density at radius 3 is 1.54 bits per heavy atom. The summed E-state index contributed by atoms with van der Waals surface area (Å²) < 4.78 is 40.9. The van der Waals surface area contributed by atoms with Gasteiger partial charge in [-0.1, -0.05) is 147 Å². The molecule has 1 aromatic heterocycles. The SMILES string of the molecule is C[Si](C)(C)c1cc(CO)cc2c([C@@H]3O[C@H](COCc4ccccc4)[C@@H](OCc4ccccc4)[C@H](OCc4ccccc4)[C@H]3OCc3ccccc3)occ12. The minimum atomic E-state index is -1.85. The van der Waals surface area contributed by atoms with Gasteiger partial charge in [-0.05, 0) is 39.1 Å². The fourth-order valence-corrected chi connectivity index (χ4v) is 8.78. The molecular weight excluding hydrogens is 693 g/mol. The van der Waals surface area contributed by atoms with Crippen molar-refractivity contribution in [3.8, 4) is 0 Å². The van der Waals surface area contributed by atoms with Crippen LogP contribution in [0, 0.1) is 0 Å². The van der Waals surface area contributed by atoms with Crippen LogP contribution in [0.4, 0.5) is 0 Å². The molecule has 1 aliphatic heterocycles. The number of furan rings is 1. The first-order valence-electron chi connectivity index (χ1n) is 18.8. The zero-order valence-electron chi connectivity index (χ0n) is 31.3. The third kappa shape index (κ3) is 9.28. The number of hydrogen-bond acceptors (Lipinski definition) is 7. The Balaban J connectivity index is 1.32. The van der Waals surface area contributed by atoms with Crippen molar-refractivity contribution in [1.29, 1.82) is 0 Å². The molecule has 2 heterocycles. The highest BCUT2D eigenvalue weighted by Gasteiger charge is 2.50. The third-order valence-electron chi connectivity index (χ3n) is 9.94. The number of aliphatic hydroxyl groups is 1. The monoisotopic (exact) mass is 742 g/mol. The fourth-order valence-electron chi connectivity index (χ4n) is 7.16. The van der Waals surface area contributed by atoms with E-state index in [1.165, 1.54) is 5.19 Å². The van der Waals surface area contributed by atoms with Gasteiger partial charge in [0.15, 0.2) is 0 Å². The summed E-state index contributed by atoms with van der Waals surface area (Å²) in [4.78, 5) is 0. The van der Waals surface area contributed by atoms with Crippen LogP contribution in [0.2, 0.25) is 19.6 Å². The van der Waals surface area contributed by atoms with Crippen LogP contribution in [0.3, 0.4) is 0 Å². The lowest BCUT2D eigenvalue weighted by atomic mass is 9.91. The average molecular weight is 743 g/mol. The quantitative estimate of drug-likeness (QED) is 0.0993. The van der Waals surface area contributed by atoms with Gasteiger partial charge in [0.25, 0.3) is 0 Å². The third-order valence-corrected chi connectivity index (χ3v) is 12.0. The maximum atomic E-state index is 10.4. The molecule has 8 heteroatoms. The van der Waals surface area contributed by atoms with E-state index in [2.05, 4.69) is 74.2 Å². The molecule has 0 spiro atoms. The molecule has 5 aromatic carbocycles. The molecule has 1 saturated heterocycles. The lowest BCUT2D eigenvalue weighted by Crippen LogP contribution is -2.58. The second-order valence-electron chi connectivity index (χ2n) is 15.0. The maximum Gasteiger partial charge on any atom is 0.145 e. The van der Waals surface area contributed by atoms with Crippen LogP contribution in [0.25, 0.3) is 10.8 Å². The standard InChI is InChI=1S/C46H50O7Si/c1-54(2,3)41-25-37(26-47)24-38-39(41)31-52-42(38)46-45(51-30-36-22-14-7-15-23-36)44(50-29-35-20-12-6-13-21-35)43(49-28-34-18-10-5-11-19-34)40(53-46)32-48-27-33-16-8-4-9-17-33/h4-25,31,40,43-47H,26-30,32H2,1-3H3/t40-,43-,44+,45-,46+/m1/s1. The fraction of sp³-hybridized carbons (Fsp3) is 0.304. The van der Waals surface area contributed by atoms with Crippen LogP contribution in [0.1, 0.15) is 39.7 Å². The van der Waals surface area contributed by atoms with Crippen molar-refractivity contribution < 1.29 is 33.2 Å². The smallest absolute Gasteiger partial charge is 0.145 e. The van der Waals surface area contributed by atoms with E-state index in [0.29, 0.717) is 32.2 Å². The van der Waals surface area contributed by atoms with Crippen molar-refractivity contribution in [3.63, 3.8) is 0 Å². The van der Waals surface area contributed by atoms with Gasteiger partial charge >= 0.3 is 0 Å². The Bertz CT molecular complexity index is 2030. The van der Waals surface area contributed by atoms with E-state index in [4.69, 9.17) is 28.1 Å². The molecule has 6 aromatic rings. The summed E-state index contributed by atoms with van der Waals surface area (Å²) in [5.41, 5.74) is 5.02. The highest BCUT2D eigenvalue weighted by molar-refractivity contribution is 6.90. The summed E-state index contributed by atoms with van der Waals surface area (Å²) in [6.45, 7) is 8.55. The van der Waals surface area contributed by atoms with Crippen LogP contribution < -0.4 is 5.19 Å². The normalized spacial score (nSPS) is 20.3. The molecule has 0 unspecified atom stereocenters. The molecule has 5 atom stereocenters. The molecular formula is C46H50O7Si. The van der Waals surface area contributed by atoms with Crippen molar-refractivity contribution in [2.75, 3.05) is 6.61 Å². The molecule has 54 heavy (non-hydrogen) atoms. The first kappa shape index (κ1) is 37.9. The average Bonchev–Trinajstić information content (AvgIpc) is 3.63. The molecule has 7 nitrogen and oxygen atoms in total. The number of hydrogen-bond donors (Lipinski definition) is 1. The van der Waals surface area contributed by atoms with E-state index < -0.39 is 38.6 Å². The van der Waals surface area contributed by atoms with E-state index in [9.17, 15) is 5.11 Å². The summed E-state index contributed by atoms with van der Waals surface area (Å²) in [7, 11) is -1.85. The molecule has 1 fully saturated rings. The number of aliphatic hydroxyl groups excluding tert-OH is 1. The summed E-state index contributed by atoms with van der Waals surface area (Å²) in [5, 5.41) is 13.6. The predicted molar refractivity (Wildman–Crippen MR) is 214 cm³/mol. The molecule has 0 saturated carbocycles. The number of benzene rings is 5. The van der Waals surface area contributed by atoms with E-state index >= 15 is 0 Å². The van der Waals surface area contributed by atoms with Crippen LogP contribution in [-0.2, 0) is 56.7 Å². The van der Waals surface area contributed by atoms with Crippen molar-refractivity contribution in [2.24, 2.45) is 0 Å². The van der Waals surface area contributed by atoms with Crippen LogP contribution in [-0.4, -0.2) is 44.2 Å². The molecule has 280 valence electrons. The van der Waals surface area contributed by atoms with E-state index in [1.54, 1.807) is 0 Å². The lowest BCUT2D eigenvalue weighted by Gasteiger charge is -2.45. The molecule has 0 bridgehead atoms. The van der Waals surface area contributed by atoms with Gasteiger partial charge in [-0.3, -0.25) is 0 Å². The Kier molecular flexibility index (Phi) is 12.5. The van der Waals surface area contributed by atoms with Crippen LogP contribution >= 0.6 is 0 Å². The Labute approximate surface area is 319 Å². The van der Waals surface area contributed by atoms with Gasteiger partial charge in [-0.2, -0.15) is 0 Å². The summed E-state index contributed by atoms with van der Waals surface area (Å²) >= 11 is 0. The van der Waals surface area contributed by atoms with Gasteiger partial charge in [0.1, 0.15) is 36.3 Å². The topological polar surface area (TPSA) is 79.5 Å². The van der Waals surface area contributed by atoms with Gasteiger partial charge in [0.05, 0.1) is 54.0 Å². The van der Waals surface area contributed by atoms with Gasteiger partial charge in [0, 0.05) is 10.8 Å². The number of rotatable bonds is 16. The first-order chi connectivity index (χ1) is 26.4. The zero-order valence-corrected chi connectivity index (χ0v) is 32.3. The Morgan fingerprint density at radius 1 is 0.556 bits per heavy atom. The molecule has 1 N–H and O–H groups in total. The molecule has 0 radical (unpaired) electrons. The Morgan fingerprint density at radius 2 is 1.04 bits per heavy atom. The summed E-state index contributed by atoms with van der Waals surface area (Å²) in [6.07, 6.45) is -1.17. The molecule has 0 aliphatic carbocycles. The maximum absolute atomic E-state index is 10.4. The van der Waals surface area contributed by atoms with Crippen molar-refractivity contribution in [3.05, 3.63) is 173 Å². The second-order valence-corrected chi connectivity index (χ2v) is 20.0.